The lowest BCUT2D eigenvalue weighted by atomic mass is 9.90. The van der Waals surface area contributed by atoms with E-state index in [1.165, 1.54) is 10.9 Å². The van der Waals surface area contributed by atoms with Gasteiger partial charge in [-0.3, -0.25) is 9.79 Å². The lowest BCUT2D eigenvalue weighted by Gasteiger charge is -2.33. The lowest BCUT2D eigenvalue weighted by Crippen LogP contribution is -2.41. The van der Waals surface area contributed by atoms with E-state index in [0.29, 0.717) is 48.8 Å². The van der Waals surface area contributed by atoms with Crippen molar-refractivity contribution in [2.45, 2.75) is 50.5 Å². The molecule has 5 rings (SSSR count). The number of carbonyl (C=O) groups is 1. The third kappa shape index (κ3) is 6.69. The van der Waals surface area contributed by atoms with Gasteiger partial charge in [0.05, 0.1) is 23.4 Å². The molecule has 6 nitrogen and oxygen atoms in total. The predicted molar refractivity (Wildman–Crippen MR) is 144 cm³/mol. The number of hydrogen-bond acceptors (Lipinski definition) is 4. The summed E-state index contributed by atoms with van der Waals surface area (Å²) < 4.78 is 82.0. The van der Waals surface area contributed by atoms with Gasteiger partial charge >= 0.3 is 12.4 Å². The number of hydrogen-bond donors (Lipinski definition) is 0. The van der Waals surface area contributed by atoms with Crippen LogP contribution in [0.4, 0.5) is 26.3 Å². The van der Waals surface area contributed by atoms with Gasteiger partial charge in [0.2, 0.25) is 0 Å². The van der Waals surface area contributed by atoms with Crippen molar-refractivity contribution in [1.29, 1.82) is 0 Å². The molecule has 0 spiro atoms. The van der Waals surface area contributed by atoms with Gasteiger partial charge in [-0.2, -0.15) is 26.3 Å². The van der Waals surface area contributed by atoms with Crippen LogP contribution in [0.15, 0.2) is 59.7 Å². The number of likely N-dealkylation sites (tertiary alicyclic amines) is 1. The third-order valence-electron chi connectivity index (χ3n) is 7.45. The van der Waals surface area contributed by atoms with E-state index < -0.39 is 41.8 Å². The summed E-state index contributed by atoms with van der Waals surface area (Å²) in [7, 11) is 0. The Morgan fingerprint density at radius 2 is 1.74 bits per heavy atom. The number of nitrogens with zero attached hydrogens (tertiary/aromatic N) is 5. The maximum absolute atomic E-state index is 13.8. The summed E-state index contributed by atoms with van der Waals surface area (Å²) >= 11 is 6.34. The summed E-state index contributed by atoms with van der Waals surface area (Å²) in [5, 5.41) is 8.80. The number of aliphatic imine (C=N–C) groups is 1. The maximum Gasteiger partial charge on any atom is 0.416 e. The van der Waals surface area contributed by atoms with Gasteiger partial charge in [0.25, 0.3) is 5.91 Å². The quantitative estimate of drug-likeness (QED) is 0.278. The Bertz CT molecular complexity index is 1480. The molecule has 2 aliphatic rings. The van der Waals surface area contributed by atoms with Crippen LogP contribution in [0.5, 0.6) is 0 Å². The highest BCUT2D eigenvalue weighted by Gasteiger charge is 2.37. The molecular weight excluding hydrogens is 584 g/mol. The highest BCUT2D eigenvalue weighted by molar-refractivity contribution is 6.31. The Balaban J connectivity index is 1.45. The van der Waals surface area contributed by atoms with Crippen LogP contribution in [0.3, 0.4) is 0 Å². The Labute approximate surface area is 242 Å². The minimum atomic E-state index is -4.99. The Hall–Kier alpha value is -3.67. The summed E-state index contributed by atoms with van der Waals surface area (Å²) in [5.41, 5.74) is -1.81. The molecule has 3 aromatic rings. The fourth-order valence-corrected chi connectivity index (χ4v) is 5.66. The molecule has 2 aromatic carbocycles. The van der Waals surface area contributed by atoms with Gasteiger partial charge < -0.3 is 4.90 Å². The molecule has 0 N–H and O–H groups in total. The number of allylic oxidation sites excluding steroid dienone is 1. The number of aromatic nitrogens is 3. The van der Waals surface area contributed by atoms with Crippen molar-refractivity contribution in [3.8, 4) is 0 Å². The average molecular weight is 610 g/mol. The Morgan fingerprint density at radius 3 is 2.38 bits per heavy atom. The second-order valence-corrected chi connectivity index (χ2v) is 10.9. The summed E-state index contributed by atoms with van der Waals surface area (Å²) in [5.74, 6) is -0.696. The molecule has 1 aromatic heterocycles. The van der Waals surface area contributed by atoms with Crippen molar-refractivity contribution in [3.63, 3.8) is 0 Å². The maximum atomic E-state index is 13.8. The molecule has 13 heteroatoms. The molecule has 1 saturated heterocycles. The summed E-state index contributed by atoms with van der Waals surface area (Å²) in [6.07, 6.45) is -2.44. The number of benzene rings is 2. The molecule has 1 fully saturated rings. The van der Waals surface area contributed by atoms with Crippen LogP contribution >= 0.6 is 11.6 Å². The third-order valence-corrected chi connectivity index (χ3v) is 7.82. The minimum Gasteiger partial charge on any atom is -0.337 e. The van der Waals surface area contributed by atoms with Gasteiger partial charge in [0.1, 0.15) is 0 Å². The summed E-state index contributed by atoms with van der Waals surface area (Å²) in [6.45, 7) is 0.481. The fraction of sp³-hybridized carbons (Fsp3) is 0.379. The molecule has 2 aliphatic heterocycles. The fourth-order valence-electron chi connectivity index (χ4n) is 5.45. The van der Waals surface area contributed by atoms with Crippen molar-refractivity contribution >= 4 is 23.7 Å². The molecule has 222 valence electrons. The smallest absolute Gasteiger partial charge is 0.337 e. The van der Waals surface area contributed by atoms with Gasteiger partial charge in [-0.05, 0) is 67.0 Å². The summed E-state index contributed by atoms with van der Waals surface area (Å²) in [4.78, 5) is 19.5. The zero-order valence-electron chi connectivity index (χ0n) is 22.2. The Morgan fingerprint density at radius 1 is 1.02 bits per heavy atom. The van der Waals surface area contributed by atoms with Crippen molar-refractivity contribution in [2.24, 2.45) is 10.9 Å². The highest BCUT2D eigenvalue weighted by Crippen LogP contribution is 2.37. The molecule has 3 heterocycles. The molecule has 0 bridgehead atoms. The van der Waals surface area contributed by atoms with Crippen LogP contribution in [0.2, 0.25) is 5.02 Å². The van der Waals surface area contributed by atoms with E-state index >= 15 is 0 Å². The van der Waals surface area contributed by atoms with E-state index in [-0.39, 0.29) is 23.2 Å². The van der Waals surface area contributed by atoms with E-state index in [1.807, 2.05) is 24.3 Å². The SMILES string of the molecule is O=C(c1nnn(Cc2cc(C(F)(F)F)cc(C(F)(F)F)c2)c1C1C=CN=CC1)N1CCCC(Cc2ccccc2Cl)C1. The van der Waals surface area contributed by atoms with E-state index in [2.05, 4.69) is 15.3 Å². The molecule has 0 saturated carbocycles. The number of carbonyl (C=O) groups excluding carboxylic acids is 1. The van der Waals surface area contributed by atoms with E-state index in [4.69, 9.17) is 11.6 Å². The average Bonchev–Trinajstić information content (AvgIpc) is 3.36. The minimum absolute atomic E-state index is 0.0152. The lowest BCUT2D eigenvalue weighted by molar-refractivity contribution is -0.143. The van der Waals surface area contributed by atoms with E-state index in [9.17, 15) is 31.1 Å². The number of halogens is 7. The van der Waals surface area contributed by atoms with Crippen molar-refractivity contribution in [1.82, 2.24) is 19.9 Å². The number of piperidine rings is 1. The highest BCUT2D eigenvalue weighted by atomic mass is 35.5. The van der Waals surface area contributed by atoms with Crippen LogP contribution in [0.25, 0.3) is 0 Å². The monoisotopic (exact) mass is 609 g/mol. The largest absolute Gasteiger partial charge is 0.416 e. The van der Waals surface area contributed by atoms with E-state index in [0.717, 1.165) is 18.4 Å². The van der Waals surface area contributed by atoms with Gasteiger partial charge in [-0.25, -0.2) is 4.68 Å². The van der Waals surface area contributed by atoms with Crippen molar-refractivity contribution in [3.05, 3.63) is 93.4 Å². The zero-order chi connectivity index (χ0) is 30.1. The standard InChI is InChI=1S/C29H26ClF6N5O/c30-24-6-2-1-5-21(24)12-18-4-3-11-40(16-18)27(42)25-26(20-7-9-37-10-8-20)41(39-38-25)17-19-13-22(28(31,32)33)15-23(14-19)29(34,35)36/h1-2,5-7,9-10,13-15,18,20H,3-4,8,11-12,16-17H2. The van der Waals surface area contributed by atoms with Crippen molar-refractivity contribution < 1.29 is 31.1 Å². The first-order valence-electron chi connectivity index (χ1n) is 13.3. The first kappa shape index (κ1) is 29.8. The topological polar surface area (TPSA) is 63.4 Å². The van der Waals surface area contributed by atoms with Crippen LogP contribution in [-0.2, 0) is 25.3 Å². The second kappa shape index (κ2) is 11.9. The van der Waals surface area contributed by atoms with Gasteiger partial charge in [-0.1, -0.05) is 41.1 Å². The number of rotatable bonds is 6. The number of alkyl halides is 6. The molecule has 42 heavy (non-hydrogen) atoms. The number of amides is 1. The first-order chi connectivity index (χ1) is 19.9. The first-order valence-corrected chi connectivity index (χ1v) is 13.7. The molecule has 2 atom stereocenters. The predicted octanol–water partition coefficient (Wildman–Crippen LogP) is 7.18. The van der Waals surface area contributed by atoms with E-state index in [1.54, 1.807) is 17.2 Å². The molecule has 2 unspecified atom stereocenters. The molecule has 0 aliphatic carbocycles. The van der Waals surface area contributed by atoms with Crippen molar-refractivity contribution in [2.75, 3.05) is 13.1 Å². The molecule has 0 radical (unpaired) electrons. The molecular formula is C29H26ClF6N5O. The van der Waals surface area contributed by atoms with Gasteiger partial charge in [0.15, 0.2) is 5.69 Å². The van der Waals surface area contributed by atoms with Crippen LogP contribution in [0.1, 0.15) is 63.6 Å². The second-order valence-electron chi connectivity index (χ2n) is 10.5. The van der Waals surface area contributed by atoms with Crippen LogP contribution in [0, 0.1) is 5.92 Å². The normalized spacial score (nSPS) is 19.4. The Kier molecular flexibility index (Phi) is 8.45. The summed E-state index contributed by atoms with van der Waals surface area (Å²) in [6, 6.07) is 8.91. The van der Waals surface area contributed by atoms with Gasteiger partial charge in [0, 0.05) is 36.4 Å². The zero-order valence-corrected chi connectivity index (χ0v) is 22.9. The van der Waals surface area contributed by atoms with Gasteiger partial charge in [-0.15, -0.1) is 5.10 Å². The van der Waals surface area contributed by atoms with Crippen LogP contribution in [-0.4, -0.2) is 45.1 Å². The van der Waals surface area contributed by atoms with Crippen LogP contribution < -0.4 is 0 Å². The molecule has 1 amide bonds.